The number of hydrogen-bond acceptors (Lipinski definition) is 3. The summed E-state index contributed by atoms with van der Waals surface area (Å²) in [7, 11) is 1.96. The maximum atomic E-state index is 10.0. The number of hydrogen-bond donors (Lipinski definition) is 1. The summed E-state index contributed by atoms with van der Waals surface area (Å²) in [5.41, 5.74) is 1.21. The highest BCUT2D eigenvalue weighted by Gasteiger charge is 2.15. The van der Waals surface area contributed by atoms with Gasteiger partial charge in [0.05, 0.1) is 6.10 Å². The summed E-state index contributed by atoms with van der Waals surface area (Å²) in [6.07, 6.45) is 10.3. The number of aromatic nitrogens is 2. The highest BCUT2D eigenvalue weighted by molar-refractivity contribution is 7.99. The molecule has 2 rings (SSSR count). The van der Waals surface area contributed by atoms with Gasteiger partial charge < -0.3 is 5.11 Å². The molecule has 4 heteroatoms. The molecule has 1 atom stereocenters. The minimum atomic E-state index is -0.174. The van der Waals surface area contributed by atoms with E-state index in [0.29, 0.717) is 0 Å². The highest BCUT2D eigenvalue weighted by Crippen LogP contribution is 2.28. The van der Waals surface area contributed by atoms with Gasteiger partial charge in [-0.05, 0) is 31.7 Å². The third-order valence-corrected chi connectivity index (χ3v) is 5.25. The lowest BCUT2D eigenvalue weighted by molar-refractivity contribution is 0.188. The summed E-state index contributed by atoms with van der Waals surface area (Å²) >= 11 is 1.97. The van der Waals surface area contributed by atoms with Gasteiger partial charge in [0.25, 0.3) is 0 Å². The molecule has 0 aromatic carbocycles. The number of nitrogens with zero attached hydrogens (tertiary/aromatic N) is 2. The van der Waals surface area contributed by atoms with Gasteiger partial charge >= 0.3 is 0 Å². The van der Waals surface area contributed by atoms with Gasteiger partial charge in [-0.2, -0.15) is 16.9 Å². The molecular formula is C14H24N2OS. The fraction of sp³-hybridized carbons (Fsp3) is 0.786. The third kappa shape index (κ3) is 4.32. The van der Waals surface area contributed by atoms with Crippen molar-refractivity contribution in [3.63, 3.8) is 0 Å². The Morgan fingerprint density at radius 3 is 2.89 bits per heavy atom. The number of rotatable bonds is 6. The number of aliphatic hydroxyl groups excluding tert-OH is 1. The van der Waals surface area contributed by atoms with Crippen LogP contribution in [0.4, 0.5) is 0 Å². The Morgan fingerprint density at radius 1 is 1.44 bits per heavy atom. The van der Waals surface area contributed by atoms with Crippen molar-refractivity contribution < 1.29 is 5.11 Å². The molecule has 102 valence electrons. The zero-order chi connectivity index (χ0) is 12.8. The van der Waals surface area contributed by atoms with Crippen LogP contribution in [0, 0.1) is 0 Å². The average molecular weight is 268 g/mol. The minimum Gasteiger partial charge on any atom is -0.392 e. The van der Waals surface area contributed by atoms with Gasteiger partial charge in [-0.3, -0.25) is 4.68 Å². The second kappa shape index (κ2) is 7.19. The Morgan fingerprint density at radius 2 is 2.22 bits per heavy atom. The fourth-order valence-corrected chi connectivity index (χ4v) is 3.85. The first-order chi connectivity index (χ1) is 8.75. The van der Waals surface area contributed by atoms with Crippen LogP contribution < -0.4 is 0 Å². The van der Waals surface area contributed by atoms with E-state index in [2.05, 4.69) is 5.10 Å². The molecule has 18 heavy (non-hydrogen) atoms. The zero-order valence-electron chi connectivity index (χ0n) is 11.2. The Labute approximate surface area is 114 Å². The van der Waals surface area contributed by atoms with Crippen LogP contribution in [0.5, 0.6) is 0 Å². The van der Waals surface area contributed by atoms with E-state index in [1.165, 1.54) is 37.8 Å². The van der Waals surface area contributed by atoms with Crippen molar-refractivity contribution in [3.8, 4) is 0 Å². The minimum absolute atomic E-state index is 0.174. The first kappa shape index (κ1) is 13.9. The van der Waals surface area contributed by atoms with E-state index in [1.807, 2.05) is 35.8 Å². The molecule has 1 aromatic heterocycles. The normalized spacial score (nSPS) is 19.0. The SMILES string of the molecule is Cn1nccc1CCC(O)CSC1CCCCC1. The van der Waals surface area contributed by atoms with Crippen LogP contribution in [0.1, 0.15) is 44.2 Å². The number of aryl methyl sites for hydroxylation is 2. The maximum absolute atomic E-state index is 10.0. The molecule has 1 unspecified atom stereocenters. The molecule has 0 radical (unpaired) electrons. The molecule has 1 fully saturated rings. The topological polar surface area (TPSA) is 38.0 Å². The molecule has 1 aliphatic carbocycles. The van der Waals surface area contributed by atoms with E-state index >= 15 is 0 Å². The van der Waals surface area contributed by atoms with Crippen molar-refractivity contribution in [2.75, 3.05) is 5.75 Å². The van der Waals surface area contributed by atoms with Crippen LogP contribution in [0.25, 0.3) is 0 Å². The Kier molecular flexibility index (Phi) is 5.57. The lowest BCUT2D eigenvalue weighted by Gasteiger charge is -2.22. The van der Waals surface area contributed by atoms with Crippen molar-refractivity contribution in [2.45, 2.75) is 56.3 Å². The molecule has 1 heterocycles. The van der Waals surface area contributed by atoms with Crippen LogP contribution in [0.15, 0.2) is 12.3 Å². The van der Waals surface area contributed by atoms with E-state index in [9.17, 15) is 5.11 Å². The molecule has 0 aliphatic heterocycles. The van der Waals surface area contributed by atoms with Crippen molar-refractivity contribution >= 4 is 11.8 Å². The molecule has 0 saturated heterocycles. The second-order valence-electron chi connectivity index (χ2n) is 5.23. The Balaban J connectivity index is 1.62. The average Bonchev–Trinajstić information content (AvgIpc) is 2.81. The maximum Gasteiger partial charge on any atom is 0.0634 e. The van der Waals surface area contributed by atoms with Crippen LogP contribution in [0.2, 0.25) is 0 Å². The Bertz CT molecular complexity index is 347. The van der Waals surface area contributed by atoms with Gasteiger partial charge in [0, 0.05) is 29.9 Å². The van der Waals surface area contributed by atoms with Gasteiger partial charge in [-0.1, -0.05) is 19.3 Å². The van der Waals surface area contributed by atoms with Gasteiger partial charge in [-0.25, -0.2) is 0 Å². The molecular weight excluding hydrogens is 244 g/mol. The van der Waals surface area contributed by atoms with E-state index in [1.54, 1.807) is 0 Å². The smallest absolute Gasteiger partial charge is 0.0634 e. The third-order valence-electron chi connectivity index (χ3n) is 3.73. The summed E-state index contributed by atoms with van der Waals surface area (Å²) in [5, 5.41) is 15.0. The summed E-state index contributed by atoms with van der Waals surface area (Å²) in [6, 6.07) is 2.03. The largest absolute Gasteiger partial charge is 0.392 e. The molecule has 1 aromatic rings. The fourth-order valence-electron chi connectivity index (χ4n) is 2.52. The summed E-state index contributed by atoms with van der Waals surface area (Å²) in [5.74, 6) is 0.891. The van der Waals surface area contributed by atoms with Gasteiger partial charge in [0.2, 0.25) is 0 Å². The second-order valence-corrected chi connectivity index (χ2v) is 6.57. The molecule has 1 N–H and O–H groups in total. The van der Waals surface area contributed by atoms with Crippen molar-refractivity contribution in [3.05, 3.63) is 18.0 Å². The summed E-state index contributed by atoms with van der Waals surface area (Å²) < 4.78 is 1.89. The first-order valence-electron chi connectivity index (χ1n) is 7.02. The Hall–Kier alpha value is -0.480. The number of thioether (sulfide) groups is 1. The van der Waals surface area contributed by atoms with Crippen molar-refractivity contribution in [1.29, 1.82) is 0 Å². The lowest BCUT2D eigenvalue weighted by atomic mass is 10.0. The molecule has 1 saturated carbocycles. The van der Waals surface area contributed by atoms with Gasteiger partial charge in [0.1, 0.15) is 0 Å². The van der Waals surface area contributed by atoms with Crippen LogP contribution in [0.3, 0.4) is 0 Å². The van der Waals surface area contributed by atoms with E-state index in [4.69, 9.17) is 0 Å². The predicted octanol–water partition coefficient (Wildman–Crippen LogP) is 2.78. The van der Waals surface area contributed by atoms with Crippen molar-refractivity contribution in [2.24, 2.45) is 7.05 Å². The van der Waals surface area contributed by atoms with Crippen LogP contribution in [-0.2, 0) is 13.5 Å². The van der Waals surface area contributed by atoms with E-state index in [-0.39, 0.29) is 6.10 Å². The number of aliphatic hydroxyl groups is 1. The van der Waals surface area contributed by atoms with Crippen LogP contribution >= 0.6 is 11.8 Å². The van der Waals surface area contributed by atoms with Gasteiger partial charge in [-0.15, -0.1) is 0 Å². The molecule has 0 spiro atoms. The predicted molar refractivity (Wildman–Crippen MR) is 76.9 cm³/mol. The monoisotopic (exact) mass is 268 g/mol. The molecule has 0 amide bonds. The lowest BCUT2D eigenvalue weighted by Crippen LogP contribution is -2.16. The molecule has 3 nitrogen and oxygen atoms in total. The highest BCUT2D eigenvalue weighted by atomic mass is 32.2. The molecule has 0 bridgehead atoms. The first-order valence-corrected chi connectivity index (χ1v) is 8.07. The zero-order valence-corrected chi connectivity index (χ0v) is 12.0. The quantitative estimate of drug-likeness (QED) is 0.862. The summed E-state index contributed by atoms with van der Waals surface area (Å²) in [6.45, 7) is 0. The standard InChI is InChI=1S/C14H24N2OS/c1-16-12(9-10-15-16)7-8-13(17)11-18-14-5-3-2-4-6-14/h9-10,13-14,17H,2-8,11H2,1H3. The van der Waals surface area contributed by atoms with Gasteiger partial charge in [0.15, 0.2) is 0 Å². The van der Waals surface area contributed by atoms with Crippen molar-refractivity contribution in [1.82, 2.24) is 9.78 Å². The van der Waals surface area contributed by atoms with E-state index < -0.39 is 0 Å². The van der Waals surface area contributed by atoms with Crippen LogP contribution in [-0.4, -0.2) is 32.0 Å². The molecule has 1 aliphatic rings. The van der Waals surface area contributed by atoms with E-state index in [0.717, 1.165) is 23.8 Å². The summed E-state index contributed by atoms with van der Waals surface area (Å²) in [4.78, 5) is 0.